The molecule has 0 bridgehead atoms. The zero-order valence-corrected chi connectivity index (χ0v) is 15.4. The molecular formula is C22H14O5S. The summed E-state index contributed by atoms with van der Waals surface area (Å²) in [6, 6.07) is 15.8. The van der Waals surface area contributed by atoms with E-state index in [1.54, 1.807) is 0 Å². The van der Waals surface area contributed by atoms with Crippen LogP contribution in [0.1, 0.15) is 22.8 Å². The smallest absolute Gasteiger partial charge is 0.312 e. The van der Waals surface area contributed by atoms with Gasteiger partial charge in [0, 0.05) is 34.1 Å². The first-order chi connectivity index (χ1) is 13.6. The van der Waals surface area contributed by atoms with Crippen molar-refractivity contribution in [3.63, 3.8) is 0 Å². The van der Waals surface area contributed by atoms with Crippen LogP contribution in [0.3, 0.4) is 0 Å². The van der Waals surface area contributed by atoms with E-state index < -0.39 is 0 Å². The lowest BCUT2D eigenvalue weighted by Crippen LogP contribution is -2.21. The minimum Gasteiger partial charge on any atom is -0.507 e. The molecule has 1 atom stereocenters. The number of carbonyl (C=O) groups excluding carboxylic acids is 1. The molecule has 6 heteroatoms. The summed E-state index contributed by atoms with van der Waals surface area (Å²) in [4.78, 5) is 25.9. The SMILES string of the molecule is O=C1C[C@@H](c2cccs2)c2c(cc(O)c3c(=O)cc(-c4ccccc4)oc23)O1. The van der Waals surface area contributed by atoms with E-state index in [-0.39, 0.29) is 46.2 Å². The highest BCUT2D eigenvalue weighted by molar-refractivity contribution is 7.10. The number of rotatable bonds is 2. The quantitative estimate of drug-likeness (QED) is 0.398. The fraction of sp³-hybridized carbons (Fsp3) is 0.0909. The number of thiophene rings is 1. The Morgan fingerprint density at radius 2 is 1.86 bits per heavy atom. The molecule has 3 heterocycles. The molecule has 0 amide bonds. The van der Waals surface area contributed by atoms with Crippen LogP contribution >= 0.6 is 11.3 Å². The van der Waals surface area contributed by atoms with Gasteiger partial charge in [-0.05, 0) is 11.4 Å². The Morgan fingerprint density at radius 1 is 1.04 bits per heavy atom. The zero-order chi connectivity index (χ0) is 19.3. The van der Waals surface area contributed by atoms with Crippen molar-refractivity contribution in [1.82, 2.24) is 0 Å². The molecule has 0 unspecified atom stereocenters. The molecule has 4 aromatic rings. The van der Waals surface area contributed by atoms with E-state index in [1.165, 1.54) is 23.5 Å². The fourth-order valence-electron chi connectivity index (χ4n) is 3.64. The van der Waals surface area contributed by atoms with Gasteiger partial charge in [-0.3, -0.25) is 9.59 Å². The van der Waals surface area contributed by atoms with Crippen LogP contribution < -0.4 is 10.2 Å². The van der Waals surface area contributed by atoms with Crippen LogP contribution in [-0.2, 0) is 4.79 Å². The zero-order valence-electron chi connectivity index (χ0n) is 14.5. The van der Waals surface area contributed by atoms with Gasteiger partial charge < -0.3 is 14.3 Å². The second kappa shape index (κ2) is 6.35. The minimum atomic E-state index is -0.383. The third-order valence-corrected chi connectivity index (χ3v) is 5.86. The molecule has 0 radical (unpaired) electrons. The van der Waals surface area contributed by atoms with Gasteiger partial charge in [-0.25, -0.2) is 0 Å². The third kappa shape index (κ3) is 2.61. The van der Waals surface area contributed by atoms with Crippen molar-refractivity contribution in [3.05, 3.63) is 80.6 Å². The van der Waals surface area contributed by atoms with Crippen LogP contribution in [0.5, 0.6) is 11.5 Å². The summed E-state index contributed by atoms with van der Waals surface area (Å²) < 4.78 is 11.5. The van der Waals surface area contributed by atoms with E-state index in [9.17, 15) is 14.7 Å². The van der Waals surface area contributed by atoms with Gasteiger partial charge in [0.05, 0.1) is 6.42 Å². The molecule has 1 aliphatic heterocycles. The number of phenolic OH excluding ortho intramolecular Hbond substituents is 1. The summed E-state index contributed by atoms with van der Waals surface area (Å²) in [5.74, 6) is -0.317. The van der Waals surface area contributed by atoms with Crippen molar-refractivity contribution >= 4 is 28.3 Å². The van der Waals surface area contributed by atoms with Crippen LogP contribution in [0.2, 0.25) is 0 Å². The molecule has 1 N–H and O–H groups in total. The lowest BCUT2D eigenvalue weighted by atomic mass is 9.89. The number of carbonyl (C=O) groups is 1. The van der Waals surface area contributed by atoms with Crippen LogP contribution in [-0.4, -0.2) is 11.1 Å². The number of aromatic hydroxyl groups is 1. The Bertz CT molecular complexity index is 1260. The first kappa shape index (κ1) is 16.8. The largest absolute Gasteiger partial charge is 0.507 e. The molecule has 5 nitrogen and oxygen atoms in total. The minimum absolute atomic E-state index is 0.0953. The molecule has 0 aliphatic carbocycles. The van der Waals surface area contributed by atoms with Gasteiger partial charge >= 0.3 is 5.97 Å². The first-order valence-electron chi connectivity index (χ1n) is 8.75. The molecule has 2 aromatic carbocycles. The Hall–Kier alpha value is -3.38. The number of hydrogen-bond acceptors (Lipinski definition) is 6. The molecule has 2 aromatic heterocycles. The summed E-state index contributed by atoms with van der Waals surface area (Å²) in [6.07, 6.45) is 0.145. The van der Waals surface area contributed by atoms with E-state index in [2.05, 4.69) is 0 Å². The molecule has 28 heavy (non-hydrogen) atoms. The highest BCUT2D eigenvalue weighted by Crippen LogP contribution is 2.46. The maximum Gasteiger partial charge on any atom is 0.312 e. The third-order valence-electron chi connectivity index (χ3n) is 4.87. The number of benzene rings is 2. The molecule has 1 aliphatic rings. The Labute approximate surface area is 163 Å². The molecule has 0 spiro atoms. The van der Waals surface area contributed by atoms with Gasteiger partial charge in [-0.2, -0.15) is 0 Å². The summed E-state index contributed by atoms with van der Waals surface area (Å²) in [7, 11) is 0. The second-order valence-corrected chi connectivity index (χ2v) is 7.58. The summed E-state index contributed by atoms with van der Waals surface area (Å²) in [5, 5.41) is 12.5. The standard InChI is InChI=1S/C22H14O5S/c23-14-10-16(12-5-2-1-3-6-12)27-22-20-13(18-7-4-8-28-18)9-19(25)26-17(20)11-15(24)21(14)22/h1-8,10-11,13,24H,9H2/t13-/m0/s1. The summed E-state index contributed by atoms with van der Waals surface area (Å²) in [6.45, 7) is 0. The predicted molar refractivity (Wildman–Crippen MR) is 106 cm³/mol. The topological polar surface area (TPSA) is 76.7 Å². The van der Waals surface area contributed by atoms with Crippen LogP contribution in [0.25, 0.3) is 22.3 Å². The Balaban J connectivity index is 1.86. The fourth-order valence-corrected chi connectivity index (χ4v) is 4.47. The molecule has 0 saturated carbocycles. The van der Waals surface area contributed by atoms with E-state index in [0.717, 1.165) is 10.4 Å². The summed E-state index contributed by atoms with van der Waals surface area (Å²) >= 11 is 1.52. The second-order valence-electron chi connectivity index (χ2n) is 6.60. The van der Waals surface area contributed by atoms with Gasteiger partial charge in [-0.1, -0.05) is 36.4 Å². The lowest BCUT2D eigenvalue weighted by Gasteiger charge is -2.25. The molecule has 0 saturated heterocycles. The maximum atomic E-state index is 12.8. The van der Waals surface area contributed by atoms with Gasteiger partial charge in [-0.15, -0.1) is 11.3 Å². The van der Waals surface area contributed by atoms with Crippen molar-refractivity contribution in [2.75, 3.05) is 0 Å². The van der Waals surface area contributed by atoms with Crippen LogP contribution in [0, 0.1) is 0 Å². The highest BCUT2D eigenvalue weighted by atomic mass is 32.1. The normalized spacial score (nSPS) is 16.0. The molecule has 138 valence electrons. The molecule has 5 rings (SSSR count). The van der Waals surface area contributed by atoms with Gasteiger partial charge in [0.25, 0.3) is 0 Å². The van der Waals surface area contributed by atoms with E-state index >= 15 is 0 Å². The number of ether oxygens (including phenoxy) is 1. The van der Waals surface area contributed by atoms with Crippen molar-refractivity contribution in [2.24, 2.45) is 0 Å². The van der Waals surface area contributed by atoms with E-state index in [1.807, 2.05) is 47.8 Å². The summed E-state index contributed by atoms with van der Waals surface area (Å²) in [5.41, 5.74) is 1.28. The number of fused-ring (bicyclic) bond motifs is 3. The Kier molecular flexibility index (Phi) is 3.80. The van der Waals surface area contributed by atoms with Crippen LogP contribution in [0.15, 0.2) is 69.2 Å². The van der Waals surface area contributed by atoms with Gasteiger partial charge in [0.15, 0.2) is 5.43 Å². The maximum absolute atomic E-state index is 12.8. The molecular weight excluding hydrogens is 376 g/mol. The van der Waals surface area contributed by atoms with Gasteiger partial charge in [0.1, 0.15) is 28.2 Å². The molecule has 0 fully saturated rings. The van der Waals surface area contributed by atoms with Crippen molar-refractivity contribution in [3.8, 4) is 22.8 Å². The average molecular weight is 390 g/mol. The van der Waals surface area contributed by atoms with Crippen molar-refractivity contribution in [1.29, 1.82) is 0 Å². The van der Waals surface area contributed by atoms with Crippen molar-refractivity contribution in [2.45, 2.75) is 12.3 Å². The number of esters is 1. The lowest BCUT2D eigenvalue weighted by molar-refractivity contribution is -0.135. The average Bonchev–Trinajstić information content (AvgIpc) is 3.22. The first-order valence-corrected chi connectivity index (χ1v) is 9.63. The predicted octanol–water partition coefficient (Wildman–Crippen LogP) is 4.67. The Morgan fingerprint density at radius 3 is 2.61 bits per heavy atom. The van der Waals surface area contributed by atoms with Gasteiger partial charge in [0.2, 0.25) is 0 Å². The van der Waals surface area contributed by atoms with E-state index in [0.29, 0.717) is 11.3 Å². The number of phenols is 1. The van der Waals surface area contributed by atoms with Crippen molar-refractivity contribution < 1.29 is 19.1 Å². The van der Waals surface area contributed by atoms with E-state index in [4.69, 9.17) is 9.15 Å². The van der Waals surface area contributed by atoms with Crippen LogP contribution in [0.4, 0.5) is 0 Å². The number of hydrogen-bond donors (Lipinski definition) is 1. The highest BCUT2D eigenvalue weighted by Gasteiger charge is 2.34. The monoisotopic (exact) mass is 390 g/mol.